The first-order valence-corrected chi connectivity index (χ1v) is 6.64. The summed E-state index contributed by atoms with van der Waals surface area (Å²) in [7, 11) is 0. The molecule has 0 saturated carbocycles. The molecule has 2 saturated heterocycles. The summed E-state index contributed by atoms with van der Waals surface area (Å²) in [6.45, 7) is 7.55. The number of hydrogen-bond donors (Lipinski definition) is 1. The van der Waals surface area contributed by atoms with Gasteiger partial charge in [0.15, 0.2) is 0 Å². The van der Waals surface area contributed by atoms with Gasteiger partial charge in [0.1, 0.15) is 0 Å². The van der Waals surface area contributed by atoms with Gasteiger partial charge in [0.05, 0.1) is 5.92 Å². The van der Waals surface area contributed by atoms with Crippen molar-refractivity contribution in [1.82, 2.24) is 4.90 Å². The molecule has 4 heteroatoms. The average Bonchev–Trinajstić information content (AvgIpc) is 2.75. The van der Waals surface area contributed by atoms with Gasteiger partial charge in [-0.05, 0) is 38.5 Å². The lowest BCUT2D eigenvalue weighted by atomic mass is 9.80. The van der Waals surface area contributed by atoms with Gasteiger partial charge in [0.2, 0.25) is 0 Å². The van der Waals surface area contributed by atoms with Crippen LogP contribution in [0.15, 0.2) is 0 Å². The molecule has 0 radical (unpaired) electrons. The number of rotatable bonds is 3. The molecule has 1 N–H and O–H groups in total. The van der Waals surface area contributed by atoms with Crippen LogP contribution in [0.1, 0.15) is 26.7 Å². The lowest BCUT2D eigenvalue weighted by Gasteiger charge is -2.29. The Kier molecular flexibility index (Phi) is 4.05. The Morgan fingerprint density at radius 3 is 2.47 bits per heavy atom. The molecule has 0 amide bonds. The number of ether oxygens (including phenoxy) is 1. The molecule has 0 unspecified atom stereocenters. The van der Waals surface area contributed by atoms with E-state index in [1.54, 1.807) is 0 Å². The van der Waals surface area contributed by atoms with Crippen molar-refractivity contribution in [3.05, 3.63) is 0 Å². The summed E-state index contributed by atoms with van der Waals surface area (Å²) in [4.78, 5) is 13.7. The van der Waals surface area contributed by atoms with Crippen LogP contribution in [0.5, 0.6) is 0 Å². The smallest absolute Gasteiger partial charge is 0.308 e. The second-order valence-electron chi connectivity index (χ2n) is 5.61. The number of likely N-dealkylation sites (tertiary alicyclic amines) is 1. The third-order valence-electron chi connectivity index (χ3n) is 4.31. The summed E-state index contributed by atoms with van der Waals surface area (Å²) < 4.78 is 5.37. The fourth-order valence-corrected chi connectivity index (χ4v) is 3.17. The first kappa shape index (κ1) is 12.8. The molecule has 2 heterocycles. The SMILES string of the molecule is CC(C)N1C[C@H](C(=O)O)[C@@H](C2CCOCC2)C1. The maximum absolute atomic E-state index is 11.4. The number of hydrogen-bond acceptors (Lipinski definition) is 3. The molecule has 0 aliphatic carbocycles. The van der Waals surface area contributed by atoms with Crippen LogP contribution in [0.2, 0.25) is 0 Å². The molecule has 2 atom stereocenters. The molecule has 0 aromatic heterocycles. The van der Waals surface area contributed by atoms with E-state index in [4.69, 9.17) is 4.74 Å². The zero-order valence-electron chi connectivity index (χ0n) is 10.8. The summed E-state index contributed by atoms with van der Waals surface area (Å²) in [6, 6.07) is 0.446. The Balaban J connectivity index is 2.04. The van der Waals surface area contributed by atoms with Crippen molar-refractivity contribution in [1.29, 1.82) is 0 Å². The van der Waals surface area contributed by atoms with Gasteiger partial charge >= 0.3 is 5.97 Å². The summed E-state index contributed by atoms with van der Waals surface area (Å²) >= 11 is 0. The summed E-state index contributed by atoms with van der Waals surface area (Å²) in [5.74, 6) is 0.0533. The molecule has 0 spiro atoms. The van der Waals surface area contributed by atoms with Crippen LogP contribution in [-0.4, -0.2) is 48.3 Å². The van der Waals surface area contributed by atoms with Gasteiger partial charge in [-0.3, -0.25) is 9.69 Å². The van der Waals surface area contributed by atoms with E-state index in [1.165, 1.54) is 0 Å². The third-order valence-corrected chi connectivity index (χ3v) is 4.31. The Bertz CT molecular complexity index is 274. The first-order chi connectivity index (χ1) is 8.09. The molecule has 0 aromatic rings. The summed E-state index contributed by atoms with van der Waals surface area (Å²) in [5.41, 5.74) is 0. The van der Waals surface area contributed by atoms with E-state index >= 15 is 0 Å². The van der Waals surface area contributed by atoms with Crippen molar-refractivity contribution in [2.75, 3.05) is 26.3 Å². The zero-order chi connectivity index (χ0) is 12.4. The lowest BCUT2D eigenvalue weighted by Crippen LogP contribution is -2.32. The molecule has 2 fully saturated rings. The van der Waals surface area contributed by atoms with Gasteiger partial charge in [-0.1, -0.05) is 0 Å². The highest BCUT2D eigenvalue weighted by molar-refractivity contribution is 5.71. The lowest BCUT2D eigenvalue weighted by molar-refractivity contribution is -0.143. The standard InChI is InChI=1S/C13H23NO3/c1-9(2)14-7-11(12(8-14)13(15)16)10-3-5-17-6-4-10/h9-12H,3-8H2,1-2H3,(H,15,16)/t11-,12+/m1/s1. The van der Waals surface area contributed by atoms with Crippen LogP contribution in [-0.2, 0) is 9.53 Å². The molecule has 0 aromatic carbocycles. The van der Waals surface area contributed by atoms with E-state index in [9.17, 15) is 9.90 Å². The van der Waals surface area contributed by atoms with Crippen LogP contribution < -0.4 is 0 Å². The molecule has 2 aliphatic heterocycles. The van der Waals surface area contributed by atoms with Gasteiger partial charge in [0.25, 0.3) is 0 Å². The van der Waals surface area contributed by atoms with E-state index < -0.39 is 5.97 Å². The van der Waals surface area contributed by atoms with Crippen LogP contribution in [0.3, 0.4) is 0 Å². The Hall–Kier alpha value is -0.610. The molecule has 17 heavy (non-hydrogen) atoms. The number of carbonyl (C=O) groups is 1. The largest absolute Gasteiger partial charge is 0.481 e. The van der Waals surface area contributed by atoms with Gasteiger partial charge in [0, 0.05) is 32.3 Å². The highest BCUT2D eigenvalue weighted by Gasteiger charge is 2.42. The van der Waals surface area contributed by atoms with E-state index in [2.05, 4.69) is 18.7 Å². The fourth-order valence-electron chi connectivity index (χ4n) is 3.17. The topological polar surface area (TPSA) is 49.8 Å². The van der Waals surface area contributed by atoms with Crippen molar-refractivity contribution < 1.29 is 14.6 Å². The maximum Gasteiger partial charge on any atom is 0.308 e. The Morgan fingerprint density at radius 1 is 1.29 bits per heavy atom. The maximum atomic E-state index is 11.4. The molecular formula is C13H23NO3. The molecule has 4 nitrogen and oxygen atoms in total. The normalized spacial score (nSPS) is 32.2. The molecule has 2 aliphatic rings. The molecular weight excluding hydrogens is 218 g/mol. The quantitative estimate of drug-likeness (QED) is 0.812. The third kappa shape index (κ3) is 2.80. The van der Waals surface area contributed by atoms with E-state index in [1.807, 2.05) is 0 Å². The predicted octanol–water partition coefficient (Wildman–Crippen LogP) is 1.45. The van der Waals surface area contributed by atoms with Crippen LogP contribution >= 0.6 is 0 Å². The minimum absolute atomic E-state index is 0.180. The molecule has 0 bridgehead atoms. The van der Waals surface area contributed by atoms with Crippen molar-refractivity contribution in [3.63, 3.8) is 0 Å². The van der Waals surface area contributed by atoms with Crippen LogP contribution in [0.25, 0.3) is 0 Å². The summed E-state index contributed by atoms with van der Waals surface area (Å²) in [6.07, 6.45) is 2.06. The van der Waals surface area contributed by atoms with Crippen LogP contribution in [0, 0.1) is 17.8 Å². The monoisotopic (exact) mass is 241 g/mol. The Labute approximate surface area is 103 Å². The van der Waals surface area contributed by atoms with Crippen molar-refractivity contribution in [3.8, 4) is 0 Å². The summed E-state index contributed by atoms with van der Waals surface area (Å²) in [5, 5.41) is 9.36. The van der Waals surface area contributed by atoms with E-state index in [-0.39, 0.29) is 5.92 Å². The number of carboxylic acid groups (broad SMARTS) is 1. The second-order valence-corrected chi connectivity index (χ2v) is 5.61. The van der Waals surface area contributed by atoms with Gasteiger partial charge in [-0.2, -0.15) is 0 Å². The highest BCUT2D eigenvalue weighted by atomic mass is 16.5. The number of carboxylic acids is 1. The van der Waals surface area contributed by atoms with Gasteiger partial charge in [-0.15, -0.1) is 0 Å². The van der Waals surface area contributed by atoms with Crippen molar-refractivity contribution >= 4 is 5.97 Å². The minimum atomic E-state index is -0.621. The first-order valence-electron chi connectivity index (χ1n) is 6.64. The number of aliphatic carboxylic acids is 1. The molecule has 98 valence electrons. The number of nitrogens with zero attached hydrogens (tertiary/aromatic N) is 1. The van der Waals surface area contributed by atoms with E-state index in [0.29, 0.717) is 17.9 Å². The zero-order valence-corrected chi connectivity index (χ0v) is 10.8. The van der Waals surface area contributed by atoms with Crippen LogP contribution in [0.4, 0.5) is 0 Å². The fraction of sp³-hybridized carbons (Fsp3) is 0.923. The van der Waals surface area contributed by atoms with Gasteiger partial charge < -0.3 is 9.84 Å². The predicted molar refractivity (Wildman–Crippen MR) is 64.9 cm³/mol. The van der Waals surface area contributed by atoms with E-state index in [0.717, 1.165) is 39.1 Å². The highest BCUT2D eigenvalue weighted by Crippen LogP contribution is 2.36. The molecule has 2 rings (SSSR count). The second kappa shape index (κ2) is 5.36. The van der Waals surface area contributed by atoms with Crippen molar-refractivity contribution in [2.24, 2.45) is 17.8 Å². The van der Waals surface area contributed by atoms with Gasteiger partial charge in [-0.25, -0.2) is 0 Å². The van der Waals surface area contributed by atoms with Crippen molar-refractivity contribution in [2.45, 2.75) is 32.7 Å². The minimum Gasteiger partial charge on any atom is -0.481 e. The average molecular weight is 241 g/mol. The Morgan fingerprint density at radius 2 is 1.94 bits per heavy atom.